The smallest absolute Gasteiger partial charge is 0.136 e. The maximum absolute atomic E-state index is 4.43. The lowest BCUT2D eigenvalue weighted by Crippen LogP contribution is -2.34. The SMILES string of the molecule is c1cc([C@@H]2CCCN(Cc3ccc4cc[nH]c4c3)C2)n2ccnc2c1. The van der Waals surface area contributed by atoms with Crippen LogP contribution in [0.15, 0.2) is 61.1 Å². The molecule has 1 N–H and O–H groups in total. The minimum absolute atomic E-state index is 0.570. The molecule has 0 amide bonds. The van der Waals surface area contributed by atoms with Gasteiger partial charge in [-0.3, -0.25) is 4.90 Å². The Morgan fingerprint density at radius 3 is 3.16 bits per heavy atom. The van der Waals surface area contributed by atoms with Crippen molar-refractivity contribution in [2.24, 2.45) is 0 Å². The van der Waals surface area contributed by atoms with E-state index in [0.717, 1.165) is 18.7 Å². The molecule has 4 nitrogen and oxygen atoms in total. The number of imidazole rings is 1. The number of nitrogens with one attached hydrogen (secondary N) is 1. The van der Waals surface area contributed by atoms with E-state index in [9.17, 15) is 0 Å². The number of nitrogens with zero attached hydrogens (tertiary/aromatic N) is 3. The summed E-state index contributed by atoms with van der Waals surface area (Å²) in [5.41, 5.74) is 5.05. The third kappa shape index (κ3) is 2.72. The second-order valence-corrected chi connectivity index (χ2v) is 7.08. The van der Waals surface area contributed by atoms with E-state index in [1.165, 1.54) is 41.5 Å². The standard InChI is InChI=1S/C21H22N4/c1-4-20(25-12-10-23-21(25)5-1)18-3-2-11-24(15-18)14-16-6-7-17-8-9-22-19(17)13-16/h1,4-10,12-13,18,22H,2-3,11,14-15H2/t18-/m1/s1. The van der Waals surface area contributed by atoms with Crippen molar-refractivity contribution in [1.82, 2.24) is 19.3 Å². The molecule has 4 heteroatoms. The van der Waals surface area contributed by atoms with Crippen LogP contribution in [0.25, 0.3) is 16.6 Å². The van der Waals surface area contributed by atoms with Crippen LogP contribution >= 0.6 is 0 Å². The van der Waals surface area contributed by atoms with E-state index in [1.807, 2.05) is 12.4 Å². The zero-order valence-corrected chi connectivity index (χ0v) is 14.2. The Balaban J connectivity index is 1.37. The number of hydrogen-bond acceptors (Lipinski definition) is 2. The summed E-state index contributed by atoms with van der Waals surface area (Å²) in [5, 5.41) is 1.28. The van der Waals surface area contributed by atoms with E-state index >= 15 is 0 Å². The van der Waals surface area contributed by atoms with E-state index in [2.05, 4.69) is 67.9 Å². The van der Waals surface area contributed by atoms with Gasteiger partial charge in [-0.1, -0.05) is 18.2 Å². The summed E-state index contributed by atoms with van der Waals surface area (Å²) in [6, 6.07) is 15.4. The van der Waals surface area contributed by atoms with Gasteiger partial charge in [-0.25, -0.2) is 4.98 Å². The minimum atomic E-state index is 0.570. The van der Waals surface area contributed by atoms with Gasteiger partial charge in [0.1, 0.15) is 5.65 Å². The highest BCUT2D eigenvalue weighted by atomic mass is 15.1. The molecule has 4 aromatic rings. The zero-order valence-electron chi connectivity index (χ0n) is 14.2. The van der Waals surface area contributed by atoms with Crippen LogP contribution in [0.5, 0.6) is 0 Å². The van der Waals surface area contributed by atoms with Gasteiger partial charge in [-0.15, -0.1) is 0 Å². The van der Waals surface area contributed by atoms with Gasteiger partial charge in [-0.2, -0.15) is 0 Å². The molecule has 1 aromatic carbocycles. The Labute approximate surface area is 147 Å². The van der Waals surface area contributed by atoms with Crippen molar-refractivity contribution in [2.75, 3.05) is 13.1 Å². The molecule has 5 rings (SSSR count). The van der Waals surface area contributed by atoms with Crippen LogP contribution in [0, 0.1) is 0 Å². The lowest BCUT2D eigenvalue weighted by molar-refractivity contribution is 0.198. The van der Waals surface area contributed by atoms with Gasteiger partial charge in [0.25, 0.3) is 0 Å². The number of pyridine rings is 1. The topological polar surface area (TPSA) is 36.3 Å². The van der Waals surface area contributed by atoms with Gasteiger partial charge in [0.2, 0.25) is 0 Å². The molecule has 126 valence electrons. The molecule has 0 bridgehead atoms. The number of rotatable bonds is 3. The molecule has 0 radical (unpaired) electrons. The number of piperidine rings is 1. The fourth-order valence-electron chi connectivity index (χ4n) is 4.19. The average molecular weight is 330 g/mol. The number of likely N-dealkylation sites (tertiary alicyclic amines) is 1. The molecule has 25 heavy (non-hydrogen) atoms. The highest BCUT2D eigenvalue weighted by Gasteiger charge is 2.23. The van der Waals surface area contributed by atoms with Crippen LogP contribution in [0.4, 0.5) is 0 Å². The summed E-state index contributed by atoms with van der Waals surface area (Å²) in [6.45, 7) is 3.31. The number of H-pyrrole nitrogens is 1. The van der Waals surface area contributed by atoms with Gasteiger partial charge in [0.05, 0.1) is 0 Å². The molecule has 3 aromatic heterocycles. The van der Waals surface area contributed by atoms with Crippen LogP contribution < -0.4 is 0 Å². The molecule has 0 saturated carbocycles. The van der Waals surface area contributed by atoms with Gasteiger partial charge in [0, 0.05) is 48.8 Å². The van der Waals surface area contributed by atoms with Crippen LogP contribution in [0.2, 0.25) is 0 Å². The van der Waals surface area contributed by atoms with Crippen molar-refractivity contribution in [2.45, 2.75) is 25.3 Å². The molecule has 1 aliphatic heterocycles. The molecule has 0 aliphatic carbocycles. The fourth-order valence-corrected chi connectivity index (χ4v) is 4.19. The predicted octanol–water partition coefficient (Wildman–Crippen LogP) is 4.20. The molecule has 1 aliphatic rings. The van der Waals surface area contributed by atoms with Gasteiger partial charge in [0.15, 0.2) is 0 Å². The maximum Gasteiger partial charge on any atom is 0.136 e. The molecule has 1 fully saturated rings. The monoisotopic (exact) mass is 330 g/mol. The van der Waals surface area contributed by atoms with Crippen LogP contribution in [0.3, 0.4) is 0 Å². The third-order valence-corrected chi connectivity index (χ3v) is 5.41. The number of hydrogen-bond donors (Lipinski definition) is 1. The number of benzene rings is 1. The Hall–Kier alpha value is -2.59. The first-order valence-electron chi connectivity index (χ1n) is 9.07. The normalized spacial score (nSPS) is 19.0. The van der Waals surface area contributed by atoms with E-state index in [4.69, 9.17) is 0 Å². The number of aromatic amines is 1. The fraction of sp³-hybridized carbons (Fsp3) is 0.286. The lowest BCUT2D eigenvalue weighted by atomic mass is 9.93. The highest BCUT2D eigenvalue weighted by molar-refractivity contribution is 5.79. The molecule has 0 unspecified atom stereocenters. The van der Waals surface area contributed by atoms with E-state index in [0.29, 0.717) is 5.92 Å². The number of fused-ring (bicyclic) bond motifs is 2. The van der Waals surface area contributed by atoms with Crippen LogP contribution in [0.1, 0.15) is 30.0 Å². The summed E-state index contributed by atoms with van der Waals surface area (Å²) in [7, 11) is 0. The van der Waals surface area contributed by atoms with Crippen LogP contribution in [-0.2, 0) is 6.54 Å². The first kappa shape index (κ1) is 14.7. The van der Waals surface area contributed by atoms with Crippen molar-refractivity contribution in [3.8, 4) is 0 Å². The molecular weight excluding hydrogens is 308 g/mol. The largest absolute Gasteiger partial charge is 0.361 e. The molecule has 0 spiro atoms. The molecule has 1 saturated heterocycles. The molecular formula is C21H22N4. The highest BCUT2D eigenvalue weighted by Crippen LogP contribution is 2.28. The summed E-state index contributed by atoms with van der Waals surface area (Å²) in [4.78, 5) is 10.3. The van der Waals surface area contributed by atoms with E-state index in [-0.39, 0.29) is 0 Å². The van der Waals surface area contributed by atoms with E-state index in [1.54, 1.807) is 0 Å². The summed E-state index contributed by atoms with van der Waals surface area (Å²) < 4.78 is 2.25. The molecule has 1 atom stereocenters. The van der Waals surface area contributed by atoms with Crippen molar-refractivity contribution < 1.29 is 0 Å². The van der Waals surface area contributed by atoms with Crippen molar-refractivity contribution in [1.29, 1.82) is 0 Å². The quantitative estimate of drug-likeness (QED) is 0.611. The van der Waals surface area contributed by atoms with E-state index < -0.39 is 0 Å². The van der Waals surface area contributed by atoms with Crippen molar-refractivity contribution in [3.05, 3.63) is 72.3 Å². The van der Waals surface area contributed by atoms with Crippen molar-refractivity contribution >= 4 is 16.6 Å². The van der Waals surface area contributed by atoms with Gasteiger partial charge >= 0.3 is 0 Å². The van der Waals surface area contributed by atoms with Crippen LogP contribution in [-0.4, -0.2) is 32.4 Å². The minimum Gasteiger partial charge on any atom is -0.361 e. The lowest BCUT2D eigenvalue weighted by Gasteiger charge is -2.33. The Bertz CT molecular complexity index is 1010. The average Bonchev–Trinajstić information content (AvgIpc) is 3.30. The molecule has 4 heterocycles. The maximum atomic E-state index is 4.43. The Morgan fingerprint density at radius 1 is 1.16 bits per heavy atom. The Kier molecular flexibility index (Phi) is 3.56. The predicted molar refractivity (Wildman–Crippen MR) is 101 cm³/mol. The zero-order chi connectivity index (χ0) is 16.6. The van der Waals surface area contributed by atoms with Crippen molar-refractivity contribution in [3.63, 3.8) is 0 Å². The number of aromatic nitrogens is 3. The first-order valence-corrected chi connectivity index (χ1v) is 9.07. The Morgan fingerprint density at radius 2 is 2.16 bits per heavy atom. The second-order valence-electron chi connectivity index (χ2n) is 7.08. The first-order chi connectivity index (χ1) is 12.4. The summed E-state index contributed by atoms with van der Waals surface area (Å²) in [6.07, 6.45) is 8.49. The third-order valence-electron chi connectivity index (χ3n) is 5.41. The van der Waals surface area contributed by atoms with Gasteiger partial charge in [-0.05, 0) is 54.6 Å². The van der Waals surface area contributed by atoms with Gasteiger partial charge < -0.3 is 9.38 Å². The summed E-state index contributed by atoms with van der Waals surface area (Å²) >= 11 is 0. The second kappa shape index (κ2) is 6.05. The summed E-state index contributed by atoms with van der Waals surface area (Å²) in [5.74, 6) is 0.570.